The topological polar surface area (TPSA) is 74.3 Å². The van der Waals surface area contributed by atoms with Crippen LogP contribution in [0.4, 0.5) is 0 Å². The zero-order chi connectivity index (χ0) is 17.8. The van der Waals surface area contributed by atoms with Crippen LogP contribution in [0.5, 0.6) is 11.5 Å². The lowest BCUT2D eigenvalue weighted by atomic mass is 10.1. The molecular weight excluding hydrogens is 326 g/mol. The van der Waals surface area contributed by atoms with E-state index in [1.54, 1.807) is 12.0 Å². The van der Waals surface area contributed by atoms with Crippen LogP contribution in [0.1, 0.15) is 25.0 Å². The van der Waals surface area contributed by atoms with Crippen LogP contribution < -0.4 is 9.47 Å². The van der Waals surface area contributed by atoms with Gasteiger partial charge in [-0.15, -0.1) is 0 Å². The molecule has 1 amide bonds. The number of nitrogens with zero attached hydrogens (tertiary/aromatic N) is 1. The molecule has 1 aromatic carbocycles. The highest BCUT2D eigenvalue weighted by atomic mass is 16.6. The molecule has 2 heterocycles. The molecule has 2 atom stereocenters. The van der Waals surface area contributed by atoms with Gasteiger partial charge in [-0.25, -0.2) is 0 Å². The van der Waals surface area contributed by atoms with Gasteiger partial charge < -0.3 is 23.8 Å². The Bertz CT molecular complexity index is 646. The van der Waals surface area contributed by atoms with Crippen LogP contribution in [0.25, 0.3) is 0 Å². The van der Waals surface area contributed by atoms with Crippen LogP contribution >= 0.6 is 0 Å². The number of benzene rings is 1. The average molecular weight is 349 g/mol. The van der Waals surface area contributed by atoms with Crippen molar-refractivity contribution < 1.29 is 28.5 Å². The molecule has 136 valence electrons. The Balaban J connectivity index is 1.58. The van der Waals surface area contributed by atoms with E-state index in [0.29, 0.717) is 44.4 Å². The molecule has 0 N–H and O–H groups in total. The molecular formula is C18H23NO6. The normalized spacial score (nSPS) is 20.5. The van der Waals surface area contributed by atoms with Crippen LogP contribution in [-0.2, 0) is 19.1 Å². The molecule has 2 aliphatic heterocycles. The second-order valence-corrected chi connectivity index (χ2v) is 6.22. The first kappa shape index (κ1) is 17.5. The molecule has 0 aliphatic carbocycles. The predicted molar refractivity (Wildman–Crippen MR) is 88.5 cm³/mol. The maximum atomic E-state index is 12.4. The van der Waals surface area contributed by atoms with E-state index in [9.17, 15) is 9.59 Å². The van der Waals surface area contributed by atoms with Gasteiger partial charge in [0.2, 0.25) is 5.91 Å². The van der Waals surface area contributed by atoms with E-state index in [1.807, 2.05) is 25.1 Å². The molecule has 25 heavy (non-hydrogen) atoms. The average Bonchev–Trinajstić information content (AvgIpc) is 3.00. The quantitative estimate of drug-likeness (QED) is 0.726. The summed E-state index contributed by atoms with van der Waals surface area (Å²) in [6, 6.07) is 5.51. The Kier molecular flexibility index (Phi) is 5.43. The number of hydrogen-bond acceptors (Lipinski definition) is 6. The number of esters is 1. The zero-order valence-corrected chi connectivity index (χ0v) is 14.5. The van der Waals surface area contributed by atoms with E-state index in [0.717, 1.165) is 5.56 Å². The zero-order valence-electron chi connectivity index (χ0n) is 14.5. The lowest BCUT2D eigenvalue weighted by molar-refractivity contribution is -0.153. The molecule has 0 saturated carbocycles. The highest BCUT2D eigenvalue weighted by Crippen LogP contribution is 2.34. The highest BCUT2D eigenvalue weighted by molar-refractivity contribution is 5.86. The minimum Gasteiger partial charge on any atom is -0.486 e. The van der Waals surface area contributed by atoms with Gasteiger partial charge in [-0.3, -0.25) is 9.59 Å². The van der Waals surface area contributed by atoms with Crippen LogP contribution in [0.2, 0.25) is 0 Å². The second kappa shape index (κ2) is 7.74. The summed E-state index contributed by atoms with van der Waals surface area (Å²) in [5.41, 5.74) is 0.832. The fourth-order valence-corrected chi connectivity index (χ4v) is 3.00. The highest BCUT2D eigenvalue weighted by Gasteiger charge is 2.35. The number of hydrogen-bond donors (Lipinski definition) is 0. The van der Waals surface area contributed by atoms with E-state index in [2.05, 4.69) is 0 Å². The molecule has 0 bridgehead atoms. The van der Waals surface area contributed by atoms with Crippen molar-refractivity contribution in [1.82, 2.24) is 4.90 Å². The summed E-state index contributed by atoms with van der Waals surface area (Å²) < 4.78 is 21.6. The molecule has 0 spiro atoms. The van der Waals surface area contributed by atoms with Gasteiger partial charge >= 0.3 is 5.97 Å². The smallest absolute Gasteiger partial charge is 0.311 e. The Hall–Kier alpha value is -2.28. The van der Waals surface area contributed by atoms with Crippen LogP contribution in [0, 0.1) is 5.92 Å². The SMILES string of the molecule is COCCN1C[C@H](C(=O)O[C@H](C)c2ccc3c(c2)OCCO3)CC1=O. The maximum Gasteiger partial charge on any atom is 0.311 e. The summed E-state index contributed by atoms with van der Waals surface area (Å²) in [5, 5.41) is 0. The van der Waals surface area contributed by atoms with Gasteiger partial charge in [0.1, 0.15) is 19.3 Å². The Morgan fingerprint density at radius 1 is 1.32 bits per heavy atom. The van der Waals surface area contributed by atoms with Gasteiger partial charge in [-0.05, 0) is 24.6 Å². The van der Waals surface area contributed by atoms with Crippen LogP contribution in [0.15, 0.2) is 18.2 Å². The third kappa shape index (κ3) is 4.04. The summed E-state index contributed by atoms with van der Waals surface area (Å²) in [6.07, 6.45) is -0.234. The van der Waals surface area contributed by atoms with Crippen molar-refractivity contribution in [2.45, 2.75) is 19.4 Å². The first-order valence-electron chi connectivity index (χ1n) is 8.45. The Morgan fingerprint density at radius 2 is 2.08 bits per heavy atom. The number of amides is 1. The Morgan fingerprint density at radius 3 is 2.84 bits per heavy atom. The van der Waals surface area contributed by atoms with Crippen molar-refractivity contribution in [2.75, 3.05) is 40.0 Å². The second-order valence-electron chi connectivity index (χ2n) is 6.22. The lowest BCUT2D eigenvalue weighted by Gasteiger charge is -2.21. The molecule has 0 aromatic heterocycles. The largest absolute Gasteiger partial charge is 0.486 e. The molecule has 1 fully saturated rings. The summed E-state index contributed by atoms with van der Waals surface area (Å²) >= 11 is 0. The molecule has 1 saturated heterocycles. The molecule has 7 nitrogen and oxygen atoms in total. The van der Waals surface area contributed by atoms with Gasteiger partial charge in [-0.1, -0.05) is 6.07 Å². The predicted octanol–water partition coefficient (Wildman–Crippen LogP) is 1.56. The number of rotatable bonds is 6. The summed E-state index contributed by atoms with van der Waals surface area (Å²) in [4.78, 5) is 26.0. The first-order valence-corrected chi connectivity index (χ1v) is 8.45. The van der Waals surface area contributed by atoms with E-state index in [1.165, 1.54) is 0 Å². The van der Waals surface area contributed by atoms with Crippen LogP contribution in [-0.4, -0.2) is 56.8 Å². The minimum absolute atomic E-state index is 0.0361. The van der Waals surface area contributed by atoms with Crippen LogP contribution in [0.3, 0.4) is 0 Å². The van der Waals surface area contributed by atoms with Crippen molar-refractivity contribution >= 4 is 11.9 Å². The van der Waals surface area contributed by atoms with Crippen molar-refractivity contribution in [3.8, 4) is 11.5 Å². The number of methoxy groups -OCH3 is 1. The number of carbonyl (C=O) groups excluding carboxylic acids is 2. The standard InChI is InChI=1S/C18H23NO6/c1-12(13-3-4-15-16(9-13)24-8-7-23-15)25-18(21)14-10-17(20)19(11-14)5-6-22-2/h3-4,9,12,14H,5-8,10-11H2,1-2H3/t12-,14-/m1/s1. The van der Waals surface area contributed by atoms with E-state index < -0.39 is 12.0 Å². The van der Waals surface area contributed by atoms with Crippen molar-refractivity contribution in [3.63, 3.8) is 0 Å². The number of fused-ring (bicyclic) bond motifs is 1. The van der Waals surface area contributed by atoms with Crippen molar-refractivity contribution in [2.24, 2.45) is 5.92 Å². The lowest BCUT2D eigenvalue weighted by Crippen LogP contribution is -2.30. The van der Waals surface area contributed by atoms with Gasteiger partial charge in [0.25, 0.3) is 0 Å². The molecule has 3 rings (SSSR count). The number of likely N-dealkylation sites (tertiary alicyclic amines) is 1. The molecule has 7 heteroatoms. The molecule has 2 aliphatic rings. The van der Waals surface area contributed by atoms with E-state index in [-0.39, 0.29) is 18.3 Å². The number of ether oxygens (including phenoxy) is 4. The fourth-order valence-electron chi connectivity index (χ4n) is 3.00. The molecule has 0 unspecified atom stereocenters. The minimum atomic E-state index is -0.427. The third-order valence-electron chi connectivity index (χ3n) is 4.44. The molecule has 1 aromatic rings. The van der Waals surface area contributed by atoms with Gasteiger partial charge in [0.15, 0.2) is 11.5 Å². The van der Waals surface area contributed by atoms with Gasteiger partial charge in [0.05, 0.1) is 12.5 Å². The molecule has 0 radical (unpaired) electrons. The maximum absolute atomic E-state index is 12.4. The van der Waals surface area contributed by atoms with E-state index in [4.69, 9.17) is 18.9 Å². The first-order chi connectivity index (χ1) is 12.1. The van der Waals surface area contributed by atoms with Crippen molar-refractivity contribution in [1.29, 1.82) is 0 Å². The third-order valence-corrected chi connectivity index (χ3v) is 4.44. The Labute approximate surface area is 146 Å². The van der Waals surface area contributed by atoms with Gasteiger partial charge in [-0.2, -0.15) is 0 Å². The monoisotopic (exact) mass is 349 g/mol. The van der Waals surface area contributed by atoms with Gasteiger partial charge in [0, 0.05) is 26.6 Å². The van der Waals surface area contributed by atoms with Crippen molar-refractivity contribution in [3.05, 3.63) is 23.8 Å². The summed E-state index contributed by atoms with van der Waals surface area (Å²) in [6.45, 7) is 4.19. The van der Waals surface area contributed by atoms with E-state index >= 15 is 0 Å². The summed E-state index contributed by atoms with van der Waals surface area (Å²) in [7, 11) is 1.58. The number of carbonyl (C=O) groups is 2. The fraction of sp³-hybridized carbons (Fsp3) is 0.556. The summed E-state index contributed by atoms with van der Waals surface area (Å²) in [5.74, 6) is 0.544.